The van der Waals surface area contributed by atoms with E-state index < -0.39 is 0 Å². The van der Waals surface area contributed by atoms with Crippen LogP contribution in [0.15, 0.2) is 0 Å². The molecular formula is C10H20N2OS. The standard InChI is InChI=1S/C10H20N2OS/c1-2-14-9-6-4-3-5-8(9)12-10(13)7-11/h8-9H,2-7,11H2,1H3,(H,12,13). The average molecular weight is 216 g/mol. The van der Waals surface area contributed by atoms with Crippen LogP contribution in [-0.4, -0.2) is 29.5 Å². The Balaban J connectivity index is 2.41. The van der Waals surface area contributed by atoms with Gasteiger partial charge in [0.05, 0.1) is 6.54 Å². The van der Waals surface area contributed by atoms with Crippen LogP contribution < -0.4 is 11.1 Å². The molecule has 2 unspecified atom stereocenters. The Morgan fingerprint density at radius 3 is 2.86 bits per heavy atom. The molecular weight excluding hydrogens is 196 g/mol. The number of nitrogens with two attached hydrogens (primary N) is 1. The van der Waals surface area contributed by atoms with Crippen molar-refractivity contribution in [2.45, 2.75) is 43.9 Å². The van der Waals surface area contributed by atoms with E-state index in [1.807, 2.05) is 11.8 Å². The first kappa shape index (κ1) is 11.9. The molecule has 3 N–H and O–H groups in total. The van der Waals surface area contributed by atoms with Gasteiger partial charge in [-0.3, -0.25) is 4.79 Å². The zero-order valence-corrected chi connectivity index (χ0v) is 9.61. The first-order chi connectivity index (χ1) is 6.77. The van der Waals surface area contributed by atoms with Crippen LogP contribution in [0.5, 0.6) is 0 Å². The van der Waals surface area contributed by atoms with Crippen LogP contribution in [0.4, 0.5) is 0 Å². The predicted molar refractivity (Wildman–Crippen MR) is 61.4 cm³/mol. The van der Waals surface area contributed by atoms with Gasteiger partial charge >= 0.3 is 0 Å². The second kappa shape index (κ2) is 6.30. The lowest BCUT2D eigenvalue weighted by molar-refractivity contribution is -0.120. The number of hydrogen-bond acceptors (Lipinski definition) is 3. The van der Waals surface area contributed by atoms with Crippen LogP contribution in [0.3, 0.4) is 0 Å². The zero-order chi connectivity index (χ0) is 10.4. The van der Waals surface area contributed by atoms with Gasteiger partial charge in [0.1, 0.15) is 0 Å². The Hall–Kier alpha value is -0.220. The quantitative estimate of drug-likeness (QED) is 0.740. The fourth-order valence-corrected chi connectivity index (χ4v) is 3.14. The highest BCUT2D eigenvalue weighted by molar-refractivity contribution is 7.99. The van der Waals surface area contributed by atoms with E-state index in [4.69, 9.17) is 5.73 Å². The van der Waals surface area contributed by atoms with Gasteiger partial charge in [-0.2, -0.15) is 11.8 Å². The monoisotopic (exact) mass is 216 g/mol. The highest BCUT2D eigenvalue weighted by atomic mass is 32.2. The summed E-state index contributed by atoms with van der Waals surface area (Å²) in [5.74, 6) is 1.11. The summed E-state index contributed by atoms with van der Waals surface area (Å²) in [6, 6.07) is 0.352. The molecule has 0 bridgehead atoms. The Bertz CT molecular complexity index is 185. The number of carbonyl (C=O) groups excluding carboxylic acids is 1. The van der Waals surface area contributed by atoms with E-state index in [0.29, 0.717) is 11.3 Å². The first-order valence-corrected chi connectivity index (χ1v) is 6.43. The molecule has 82 valence electrons. The highest BCUT2D eigenvalue weighted by Crippen LogP contribution is 2.28. The summed E-state index contributed by atoms with van der Waals surface area (Å²) in [5.41, 5.74) is 5.29. The minimum Gasteiger partial charge on any atom is -0.351 e. The Labute approximate surface area is 90.2 Å². The number of nitrogens with one attached hydrogen (secondary N) is 1. The van der Waals surface area contributed by atoms with Gasteiger partial charge in [-0.25, -0.2) is 0 Å². The molecule has 0 aromatic rings. The van der Waals surface area contributed by atoms with Crippen molar-refractivity contribution in [1.82, 2.24) is 5.32 Å². The first-order valence-electron chi connectivity index (χ1n) is 5.39. The van der Waals surface area contributed by atoms with Crippen molar-refractivity contribution in [1.29, 1.82) is 0 Å². The summed E-state index contributed by atoms with van der Waals surface area (Å²) in [5, 5.41) is 3.62. The average Bonchev–Trinajstić information content (AvgIpc) is 2.21. The summed E-state index contributed by atoms with van der Waals surface area (Å²) in [4.78, 5) is 11.2. The van der Waals surface area contributed by atoms with E-state index in [1.54, 1.807) is 0 Å². The molecule has 1 saturated carbocycles. The summed E-state index contributed by atoms with van der Waals surface area (Å²) < 4.78 is 0. The highest BCUT2D eigenvalue weighted by Gasteiger charge is 2.25. The van der Waals surface area contributed by atoms with Gasteiger partial charge in [0.2, 0.25) is 5.91 Å². The lowest BCUT2D eigenvalue weighted by Crippen LogP contribution is -2.46. The number of rotatable bonds is 4. The van der Waals surface area contributed by atoms with Gasteiger partial charge in [-0.05, 0) is 18.6 Å². The molecule has 0 aromatic carbocycles. The normalized spacial score (nSPS) is 27.3. The van der Waals surface area contributed by atoms with Crippen molar-refractivity contribution < 1.29 is 4.79 Å². The van der Waals surface area contributed by atoms with Gasteiger partial charge in [0, 0.05) is 11.3 Å². The van der Waals surface area contributed by atoms with Gasteiger partial charge < -0.3 is 11.1 Å². The summed E-state index contributed by atoms with van der Waals surface area (Å²) in [6.07, 6.45) is 4.88. The fraction of sp³-hybridized carbons (Fsp3) is 0.900. The molecule has 1 aliphatic rings. The topological polar surface area (TPSA) is 55.1 Å². The van der Waals surface area contributed by atoms with E-state index in [0.717, 1.165) is 12.2 Å². The van der Waals surface area contributed by atoms with E-state index >= 15 is 0 Å². The third-order valence-corrected chi connectivity index (χ3v) is 3.94. The molecule has 14 heavy (non-hydrogen) atoms. The largest absolute Gasteiger partial charge is 0.351 e. The van der Waals surface area contributed by atoms with E-state index in [-0.39, 0.29) is 12.5 Å². The van der Waals surface area contributed by atoms with E-state index in [9.17, 15) is 4.79 Å². The van der Waals surface area contributed by atoms with Crippen molar-refractivity contribution in [3.05, 3.63) is 0 Å². The molecule has 0 radical (unpaired) electrons. The van der Waals surface area contributed by atoms with Gasteiger partial charge in [0.25, 0.3) is 0 Å². The molecule has 1 fully saturated rings. The second-order valence-electron chi connectivity index (χ2n) is 3.66. The van der Waals surface area contributed by atoms with E-state index in [2.05, 4.69) is 12.2 Å². The van der Waals surface area contributed by atoms with E-state index in [1.165, 1.54) is 19.3 Å². The molecule has 0 spiro atoms. The molecule has 4 heteroatoms. The molecule has 2 atom stereocenters. The van der Waals surface area contributed by atoms with Crippen LogP contribution in [0.1, 0.15) is 32.6 Å². The summed E-state index contributed by atoms with van der Waals surface area (Å²) in [6.45, 7) is 2.28. The van der Waals surface area contributed by atoms with Crippen molar-refractivity contribution in [3.8, 4) is 0 Å². The maximum absolute atomic E-state index is 11.2. The smallest absolute Gasteiger partial charge is 0.233 e. The molecule has 0 saturated heterocycles. The zero-order valence-electron chi connectivity index (χ0n) is 8.79. The maximum Gasteiger partial charge on any atom is 0.233 e. The lowest BCUT2D eigenvalue weighted by atomic mass is 9.95. The number of thioether (sulfide) groups is 1. The van der Waals surface area contributed by atoms with Gasteiger partial charge in [0.15, 0.2) is 0 Å². The number of amides is 1. The Morgan fingerprint density at radius 2 is 2.21 bits per heavy atom. The molecule has 1 rings (SSSR count). The van der Waals surface area contributed by atoms with Crippen LogP contribution in [0.2, 0.25) is 0 Å². The lowest BCUT2D eigenvalue weighted by Gasteiger charge is -2.31. The van der Waals surface area contributed by atoms with Gasteiger partial charge in [-0.15, -0.1) is 0 Å². The third-order valence-electron chi connectivity index (χ3n) is 2.62. The molecule has 0 heterocycles. The number of hydrogen-bond donors (Lipinski definition) is 2. The van der Waals surface area contributed by atoms with Crippen LogP contribution in [0.25, 0.3) is 0 Å². The summed E-state index contributed by atoms with van der Waals surface area (Å²) >= 11 is 1.96. The minimum atomic E-state index is -0.0152. The fourth-order valence-electron chi connectivity index (χ4n) is 1.94. The minimum absolute atomic E-state index is 0.0152. The maximum atomic E-state index is 11.2. The molecule has 0 aromatic heterocycles. The molecule has 1 aliphatic carbocycles. The van der Waals surface area contributed by atoms with Crippen LogP contribution in [0, 0.1) is 0 Å². The van der Waals surface area contributed by atoms with Crippen molar-refractivity contribution in [2.75, 3.05) is 12.3 Å². The predicted octanol–water partition coefficient (Wildman–Crippen LogP) is 1.13. The Kier molecular flexibility index (Phi) is 5.33. The molecule has 3 nitrogen and oxygen atoms in total. The Morgan fingerprint density at radius 1 is 1.50 bits per heavy atom. The van der Waals surface area contributed by atoms with Crippen molar-refractivity contribution in [2.24, 2.45) is 5.73 Å². The SMILES string of the molecule is CCSC1CCCCC1NC(=O)CN. The van der Waals surface area contributed by atoms with Crippen LogP contribution in [-0.2, 0) is 4.79 Å². The number of carbonyl (C=O) groups is 1. The molecule has 1 amide bonds. The second-order valence-corrected chi connectivity index (χ2v) is 5.17. The molecule has 0 aliphatic heterocycles. The van der Waals surface area contributed by atoms with Crippen molar-refractivity contribution >= 4 is 17.7 Å². The van der Waals surface area contributed by atoms with Crippen molar-refractivity contribution in [3.63, 3.8) is 0 Å². The summed E-state index contributed by atoms with van der Waals surface area (Å²) in [7, 11) is 0. The van der Waals surface area contributed by atoms with Crippen LogP contribution >= 0.6 is 11.8 Å². The third kappa shape index (κ3) is 3.50. The van der Waals surface area contributed by atoms with Gasteiger partial charge in [-0.1, -0.05) is 19.8 Å².